The minimum absolute atomic E-state index is 0.00180. The summed E-state index contributed by atoms with van der Waals surface area (Å²) in [6.07, 6.45) is -0.0961. The van der Waals surface area contributed by atoms with E-state index in [1.165, 1.54) is 0 Å². The molecular formula is C7H13NO3. The van der Waals surface area contributed by atoms with Crippen molar-refractivity contribution in [3.8, 4) is 0 Å². The lowest BCUT2D eigenvalue weighted by Gasteiger charge is -2.02. The summed E-state index contributed by atoms with van der Waals surface area (Å²) in [5.74, 6) is -0.00180. The molecule has 0 fully saturated rings. The number of hydrogen-bond donors (Lipinski definition) is 1. The maximum absolute atomic E-state index is 10.7. The molecule has 64 valence electrons. The van der Waals surface area contributed by atoms with Crippen LogP contribution in [0.1, 0.15) is 20.3 Å². The van der Waals surface area contributed by atoms with E-state index in [0.29, 0.717) is 13.0 Å². The lowest BCUT2D eigenvalue weighted by atomic mass is 10.3. The van der Waals surface area contributed by atoms with Gasteiger partial charge in [-0.25, -0.2) is 4.79 Å². The topological polar surface area (TPSA) is 55.4 Å². The fraction of sp³-hybridized carbons (Fsp3) is 0.714. The van der Waals surface area contributed by atoms with Crippen molar-refractivity contribution in [1.82, 2.24) is 5.32 Å². The van der Waals surface area contributed by atoms with Crippen molar-refractivity contribution in [3.05, 3.63) is 0 Å². The van der Waals surface area contributed by atoms with Crippen LogP contribution in [0.4, 0.5) is 4.79 Å². The molecule has 0 bridgehead atoms. The van der Waals surface area contributed by atoms with Gasteiger partial charge in [0, 0.05) is 6.42 Å². The zero-order chi connectivity index (χ0) is 8.69. The molecule has 0 aromatic rings. The molecule has 4 nitrogen and oxygen atoms in total. The molecule has 0 spiro atoms. The van der Waals surface area contributed by atoms with Gasteiger partial charge in [0.1, 0.15) is 0 Å². The Morgan fingerprint density at radius 3 is 2.45 bits per heavy atom. The molecule has 0 aromatic heterocycles. The highest BCUT2D eigenvalue weighted by molar-refractivity contribution is 5.83. The summed E-state index contributed by atoms with van der Waals surface area (Å²) in [6, 6.07) is 0. The van der Waals surface area contributed by atoms with Gasteiger partial charge in [0.2, 0.25) is 0 Å². The molecule has 0 heterocycles. The first-order chi connectivity index (χ1) is 5.20. The lowest BCUT2D eigenvalue weighted by Crippen LogP contribution is -2.29. The van der Waals surface area contributed by atoms with Gasteiger partial charge in [0.05, 0.1) is 13.2 Å². The summed E-state index contributed by atoms with van der Waals surface area (Å²) in [6.45, 7) is 3.85. The van der Waals surface area contributed by atoms with Crippen LogP contribution in [-0.4, -0.2) is 25.0 Å². The quantitative estimate of drug-likeness (QED) is 0.657. The van der Waals surface area contributed by atoms with Crippen molar-refractivity contribution < 1.29 is 14.3 Å². The highest BCUT2D eigenvalue weighted by atomic mass is 16.5. The van der Waals surface area contributed by atoms with Crippen LogP contribution in [0.25, 0.3) is 0 Å². The summed E-state index contributed by atoms with van der Waals surface area (Å²) >= 11 is 0. The molecule has 0 unspecified atom stereocenters. The van der Waals surface area contributed by atoms with Crippen molar-refractivity contribution >= 4 is 11.9 Å². The van der Waals surface area contributed by atoms with E-state index >= 15 is 0 Å². The van der Waals surface area contributed by atoms with Crippen molar-refractivity contribution in [1.29, 1.82) is 0 Å². The maximum Gasteiger partial charge on any atom is 0.407 e. The van der Waals surface area contributed by atoms with Gasteiger partial charge in [-0.2, -0.15) is 0 Å². The Labute approximate surface area is 65.9 Å². The van der Waals surface area contributed by atoms with Crippen molar-refractivity contribution in [3.63, 3.8) is 0 Å². The van der Waals surface area contributed by atoms with Gasteiger partial charge in [0.25, 0.3) is 0 Å². The fourth-order valence-corrected chi connectivity index (χ4v) is 0.478. The van der Waals surface area contributed by atoms with E-state index in [4.69, 9.17) is 0 Å². The number of Topliss-reactive ketones (excluding diaryl/α,β-unsaturated/α-hetero) is 1. The first-order valence-electron chi connectivity index (χ1n) is 3.63. The highest BCUT2D eigenvalue weighted by Gasteiger charge is 2.02. The van der Waals surface area contributed by atoms with Gasteiger partial charge in [-0.3, -0.25) is 4.79 Å². The third-order valence-electron chi connectivity index (χ3n) is 1.10. The van der Waals surface area contributed by atoms with E-state index in [9.17, 15) is 9.59 Å². The van der Waals surface area contributed by atoms with E-state index in [1.807, 2.05) is 0 Å². The number of ketones is 1. The number of hydrogen-bond acceptors (Lipinski definition) is 3. The number of carbonyl (C=O) groups excluding carboxylic acids is 2. The second-order valence-electron chi connectivity index (χ2n) is 1.97. The van der Waals surface area contributed by atoms with E-state index in [2.05, 4.69) is 10.1 Å². The molecule has 0 aliphatic heterocycles. The molecule has 0 aromatic carbocycles. The average molecular weight is 159 g/mol. The van der Waals surface area contributed by atoms with Gasteiger partial charge in [-0.05, 0) is 6.92 Å². The van der Waals surface area contributed by atoms with E-state index < -0.39 is 6.09 Å². The predicted octanol–water partition coefficient (Wildman–Crippen LogP) is 0.712. The normalized spacial score (nSPS) is 8.91. The number of nitrogens with one attached hydrogen (secondary N) is 1. The third-order valence-corrected chi connectivity index (χ3v) is 1.10. The minimum Gasteiger partial charge on any atom is -0.450 e. The van der Waals surface area contributed by atoms with Crippen molar-refractivity contribution in [2.24, 2.45) is 0 Å². The predicted molar refractivity (Wildman–Crippen MR) is 40.3 cm³/mol. The van der Waals surface area contributed by atoms with Crippen molar-refractivity contribution in [2.75, 3.05) is 13.2 Å². The van der Waals surface area contributed by atoms with Gasteiger partial charge in [-0.15, -0.1) is 0 Å². The Morgan fingerprint density at radius 1 is 1.36 bits per heavy atom. The Balaban J connectivity index is 3.38. The van der Waals surface area contributed by atoms with Gasteiger partial charge in [-0.1, -0.05) is 6.92 Å². The largest absolute Gasteiger partial charge is 0.450 e. The number of carbonyl (C=O) groups is 2. The fourth-order valence-electron chi connectivity index (χ4n) is 0.478. The zero-order valence-electron chi connectivity index (χ0n) is 6.85. The molecular weight excluding hydrogens is 146 g/mol. The van der Waals surface area contributed by atoms with Crippen LogP contribution in [0, 0.1) is 0 Å². The van der Waals surface area contributed by atoms with E-state index in [1.54, 1.807) is 13.8 Å². The Hall–Kier alpha value is -1.06. The SMILES string of the molecule is CCOC(=O)NCC(=O)CC. The Bertz CT molecular complexity index is 145. The minimum atomic E-state index is -0.533. The van der Waals surface area contributed by atoms with E-state index in [-0.39, 0.29) is 12.3 Å². The molecule has 1 N–H and O–H groups in total. The average Bonchev–Trinajstić information content (AvgIpc) is 2.01. The summed E-state index contributed by atoms with van der Waals surface area (Å²) in [5, 5.41) is 2.32. The number of rotatable bonds is 4. The summed E-state index contributed by atoms with van der Waals surface area (Å²) in [5.41, 5.74) is 0. The van der Waals surface area contributed by atoms with E-state index in [0.717, 1.165) is 0 Å². The van der Waals surface area contributed by atoms with Gasteiger partial charge in [0.15, 0.2) is 5.78 Å². The van der Waals surface area contributed by atoms with Crippen LogP contribution in [0.3, 0.4) is 0 Å². The molecule has 4 heteroatoms. The van der Waals surface area contributed by atoms with Gasteiger partial charge >= 0.3 is 6.09 Å². The monoisotopic (exact) mass is 159 g/mol. The lowest BCUT2D eigenvalue weighted by molar-refractivity contribution is -0.117. The summed E-state index contributed by atoms with van der Waals surface area (Å²) < 4.78 is 4.53. The van der Waals surface area contributed by atoms with Crippen molar-refractivity contribution in [2.45, 2.75) is 20.3 Å². The van der Waals surface area contributed by atoms with Crippen LogP contribution in [0.2, 0.25) is 0 Å². The van der Waals surface area contributed by atoms with Crippen LogP contribution in [-0.2, 0) is 9.53 Å². The standard InChI is InChI=1S/C7H13NO3/c1-3-6(9)5-8-7(10)11-4-2/h3-5H2,1-2H3,(H,8,10). The van der Waals surface area contributed by atoms with Crippen LogP contribution >= 0.6 is 0 Å². The number of amides is 1. The first-order valence-corrected chi connectivity index (χ1v) is 3.63. The highest BCUT2D eigenvalue weighted by Crippen LogP contribution is 1.79. The van der Waals surface area contributed by atoms with Crippen LogP contribution in [0.15, 0.2) is 0 Å². The first kappa shape index (κ1) is 9.94. The third kappa shape index (κ3) is 5.39. The maximum atomic E-state index is 10.7. The van der Waals surface area contributed by atoms with Crippen LogP contribution in [0.5, 0.6) is 0 Å². The Kier molecular flexibility index (Phi) is 5.15. The molecule has 1 amide bonds. The van der Waals surface area contributed by atoms with Gasteiger partial charge < -0.3 is 10.1 Å². The summed E-state index contributed by atoms with van der Waals surface area (Å²) in [7, 11) is 0. The summed E-state index contributed by atoms with van der Waals surface area (Å²) in [4.78, 5) is 21.2. The molecule has 0 aliphatic carbocycles. The second-order valence-corrected chi connectivity index (χ2v) is 1.97. The molecule has 11 heavy (non-hydrogen) atoms. The molecule has 0 saturated heterocycles. The zero-order valence-corrected chi connectivity index (χ0v) is 6.85. The smallest absolute Gasteiger partial charge is 0.407 e. The number of alkyl carbamates (subject to hydrolysis) is 1. The van der Waals surface area contributed by atoms with Crippen LogP contribution < -0.4 is 5.32 Å². The molecule has 0 rings (SSSR count). The Morgan fingerprint density at radius 2 is 2.00 bits per heavy atom. The molecule has 0 aliphatic rings. The second kappa shape index (κ2) is 5.70. The number of ether oxygens (including phenoxy) is 1. The molecule has 0 atom stereocenters. The molecule has 0 saturated carbocycles. The molecule has 0 radical (unpaired) electrons.